The van der Waals surface area contributed by atoms with Crippen LogP contribution >= 0.6 is 0 Å². The summed E-state index contributed by atoms with van der Waals surface area (Å²) in [5.74, 6) is 0.702. The maximum atomic E-state index is 12.7. The second-order valence-electron chi connectivity index (χ2n) is 8.37. The van der Waals surface area contributed by atoms with E-state index in [9.17, 15) is 4.79 Å². The van der Waals surface area contributed by atoms with E-state index in [4.69, 9.17) is 21.0 Å². The van der Waals surface area contributed by atoms with Crippen LogP contribution in [0.5, 0.6) is 5.75 Å². The fraction of sp³-hybridized carbons (Fsp3) is 0.269. The summed E-state index contributed by atoms with van der Waals surface area (Å²) in [6.45, 7) is 2.70. The van der Waals surface area contributed by atoms with Crippen LogP contribution in [0.25, 0.3) is 28.0 Å². The highest BCUT2D eigenvalue weighted by molar-refractivity contribution is 5.82. The number of fused-ring (bicyclic) bond motifs is 1. The molecule has 0 aliphatic rings. The van der Waals surface area contributed by atoms with Gasteiger partial charge in [-0.25, -0.2) is 4.79 Å². The Morgan fingerprint density at radius 2 is 1.97 bits per heavy atom. The number of nitrogens with one attached hydrogen (secondary N) is 4. The molecule has 0 fully saturated rings. The summed E-state index contributed by atoms with van der Waals surface area (Å²) < 4.78 is 7.22. The number of hydrogen-bond donors (Lipinski definition) is 6. The molecule has 36 heavy (non-hydrogen) atoms. The molecule has 2 heterocycles. The summed E-state index contributed by atoms with van der Waals surface area (Å²) in [5, 5.41) is 23.0. The van der Waals surface area contributed by atoms with E-state index < -0.39 is 0 Å². The van der Waals surface area contributed by atoms with Gasteiger partial charge in [-0.05, 0) is 48.9 Å². The van der Waals surface area contributed by atoms with Crippen LogP contribution in [0.4, 0.5) is 0 Å². The van der Waals surface area contributed by atoms with Crippen molar-refractivity contribution in [1.29, 1.82) is 5.41 Å². The minimum Gasteiger partial charge on any atom is -0.493 e. The number of rotatable bonds is 12. The van der Waals surface area contributed by atoms with Crippen molar-refractivity contribution in [2.45, 2.75) is 19.4 Å². The number of H-pyrrole nitrogens is 1. The molecule has 0 amide bonds. The van der Waals surface area contributed by atoms with Crippen molar-refractivity contribution >= 4 is 17.0 Å². The number of aliphatic hydroxyl groups excluding tert-OH is 1. The first-order valence-corrected chi connectivity index (χ1v) is 11.9. The molecular weight excluding hydrogens is 458 g/mol. The van der Waals surface area contributed by atoms with Gasteiger partial charge >= 0.3 is 5.69 Å². The molecule has 10 heteroatoms. The molecular formula is C26H31N7O3. The third-order valence-electron chi connectivity index (χ3n) is 5.61. The first-order valence-electron chi connectivity index (χ1n) is 11.9. The van der Waals surface area contributed by atoms with Gasteiger partial charge in [-0.15, -0.1) is 0 Å². The number of guanidine groups is 1. The Bertz CT molecular complexity index is 1360. The van der Waals surface area contributed by atoms with E-state index in [-0.39, 0.29) is 18.3 Å². The molecule has 0 bridgehead atoms. The Morgan fingerprint density at radius 1 is 1.14 bits per heavy atom. The van der Waals surface area contributed by atoms with Crippen molar-refractivity contribution < 1.29 is 9.84 Å². The van der Waals surface area contributed by atoms with Gasteiger partial charge in [0.15, 0.2) is 5.96 Å². The molecule has 0 unspecified atom stereocenters. The first-order chi connectivity index (χ1) is 17.5. The van der Waals surface area contributed by atoms with Gasteiger partial charge < -0.3 is 31.2 Å². The lowest BCUT2D eigenvalue weighted by Gasteiger charge is -2.08. The van der Waals surface area contributed by atoms with Crippen LogP contribution in [-0.4, -0.2) is 51.9 Å². The Balaban J connectivity index is 1.44. The number of nitrogens with two attached hydrogens (primary N) is 1. The van der Waals surface area contributed by atoms with E-state index in [0.29, 0.717) is 31.8 Å². The second-order valence-corrected chi connectivity index (χ2v) is 8.37. The molecule has 0 saturated heterocycles. The smallest absolute Gasteiger partial charge is 0.354 e. The fourth-order valence-corrected chi connectivity index (χ4v) is 3.79. The van der Waals surface area contributed by atoms with E-state index in [2.05, 4.69) is 20.6 Å². The predicted molar refractivity (Wildman–Crippen MR) is 141 cm³/mol. The van der Waals surface area contributed by atoms with Crippen molar-refractivity contribution in [3.8, 4) is 22.7 Å². The highest BCUT2D eigenvalue weighted by Crippen LogP contribution is 2.26. The zero-order valence-electron chi connectivity index (χ0n) is 20.0. The summed E-state index contributed by atoms with van der Waals surface area (Å²) in [5.41, 5.74) is 9.03. The maximum Gasteiger partial charge on any atom is 0.354 e. The molecule has 2 aromatic heterocycles. The maximum absolute atomic E-state index is 12.7. The van der Waals surface area contributed by atoms with E-state index in [1.807, 2.05) is 54.6 Å². The molecule has 4 aromatic rings. The van der Waals surface area contributed by atoms with Gasteiger partial charge in [0, 0.05) is 49.0 Å². The van der Waals surface area contributed by atoms with Crippen molar-refractivity contribution in [3.63, 3.8) is 0 Å². The average molecular weight is 490 g/mol. The van der Waals surface area contributed by atoms with Gasteiger partial charge in [0.05, 0.1) is 12.3 Å². The Kier molecular flexibility index (Phi) is 8.32. The largest absolute Gasteiger partial charge is 0.493 e. The first kappa shape index (κ1) is 25.0. The van der Waals surface area contributed by atoms with Gasteiger partial charge in [0.2, 0.25) is 0 Å². The second kappa shape index (κ2) is 12.0. The quantitative estimate of drug-likeness (QED) is 0.101. The number of hydrogen-bond acceptors (Lipinski definition) is 6. The molecule has 7 N–H and O–H groups in total. The van der Waals surface area contributed by atoms with Crippen LogP contribution in [0.15, 0.2) is 65.6 Å². The molecule has 2 aromatic carbocycles. The van der Waals surface area contributed by atoms with E-state index in [0.717, 1.165) is 46.6 Å². The molecule has 0 aliphatic carbocycles. The predicted octanol–water partition coefficient (Wildman–Crippen LogP) is 2.10. The summed E-state index contributed by atoms with van der Waals surface area (Å²) in [4.78, 5) is 20.2. The third-order valence-corrected chi connectivity index (χ3v) is 5.61. The fourth-order valence-electron chi connectivity index (χ4n) is 3.79. The van der Waals surface area contributed by atoms with Gasteiger partial charge in [-0.2, -0.15) is 4.98 Å². The number of ether oxygens (including phenoxy) is 1. The standard InChI is InChI=1S/C26H31N7O3/c27-25(28)30-11-2-10-29-16-18-6-8-21(9-7-18)33-17-20-15-23(31-24(20)32-26(33)35)19-4-1-5-22(14-19)36-13-3-12-34/h1,4-9,14-15,17,29,34H,2-3,10-13,16H2,(H4,27,28,30)(H,31,32,35). The molecule has 0 atom stereocenters. The van der Waals surface area contributed by atoms with Crippen LogP contribution in [-0.2, 0) is 6.54 Å². The molecule has 0 saturated carbocycles. The van der Waals surface area contributed by atoms with E-state index in [1.54, 1.807) is 10.8 Å². The van der Waals surface area contributed by atoms with E-state index >= 15 is 0 Å². The number of nitrogens with zero attached hydrogens (tertiary/aromatic N) is 2. The Labute approximate surface area is 208 Å². The average Bonchev–Trinajstić information content (AvgIpc) is 3.29. The number of aromatic amines is 1. The van der Waals surface area contributed by atoms with Crippen LogP contribution in [0.3, 0.4) is 0 Å². The summed E-state index contributed by atoms with van der Waals surface area (Å²) in [6.07, 6.45) is 3.23. The third kappa shape index (κ3) is 6.49. The topological polar surface area (TPSA) is 154 Å². The van der Waals surface area contributed by atoms with E-state index in [1.165, 1.54) is 0 Å². The Hall–Kier alpha value is -4.15. The van der Waals surface area contributed by atoms with Gasteiger partial charge in [0.1, 0.15) is 11.4 Å². The molecule has 188 valence electrons. The monoisotopic (exact) mass is 489 g/mol. The SMILES string of the molecule is N=C(N)NCCCNCc1ccc(-n2cc3cc(-c4cccc(OCCCO)c4)[nH]c3nc2=O)cc1. The molecule has 0 aliphatic heterocycles. The van der Waals surface area contributed by atoms with Crippen LogP contribution < -0.4 is 26.8 Å². The molecule has 4 rings (SSSR count). The number of aromatic nitrogens is 3. The minimum atomic E-state index is -0.360. The summed E-state index contributed by atoms with van der Waals surface area (Å²) in [6, 6.07) is 17.4. The molecule has 0 spiro atoms. The zero-order chi connectivity index (χ0) is 25.3. The van der Waals surface area contributed by atoms with Gasteiger partial charge in [0.25, 0.3) is 0 Å². The van der Waals surface area contributed by atoms with Crippen LogP contribution in [0.1, 0.15) is 18.4 Å². The number of aliphatic hydroxyl groups is 1. The lowest BCUT2D eigenvalue weighted by molar-refractivity contribution is 0.233. The van der Waals surface area contributed by atoms with Crippen LogP contribution in [0, 0.1) is 5.41 Å². The molecule has 10 nitrogen and oxygen atoms in total. The highest BCUT2D eigenvalue weighted by Gasteiger charge is 2.10. The summed E-state index contributed by atoms with van der Waals surface area (Å²) >= 11 is 0. The van der Waals surface area contributed by atoms with Crippen molar-refractivity contribution in [2.75, 3.05) is 26.3 Å². The van der Waals surface area contributed by atoms with Crippen molar-refractivity contribution in [1.82, 2.24) is 25.2 Å². The van der Waals surface area contributed by atoms with Crippen molar-refractivity contribution in [2.24, 2.45) is 5.73 Å². The summed E-state index contributed by atoms with van der Waals surface area (Å²) in [7, 11) is 0. The van der Waals surface area contributed by atoms with Gasteiger partial charge in [-0.1, -0.05) is 24.3 Å². The van der Waals surface area contributed by atoms with Crippen LogP contribution in [0.2, 0.25) is 0 Å². The highest BCUT2D eigenvalue weighted by atomic mass is 16.5. The lowest BCUT2D eigenvalue weighted by Crippen LogP contribution is -2.32. The normalized spacial score (nSPS) is 11.0. The van der Waals surface area contributed by atoms with Gasteiger partial charge in [-0.3, -0.25) is 9.98 Å². The minimum absolute atomic E-state index is 0.0153. The Morgan fingerprint density at radius 3 is 2.75 bits per heavy atom. The zero-order valence-corrected chi connectivity index (χ0v) is 20.0. The van der Waals surface area contributed by atoms with Crippen molar-refractivity contribution in [3.05, 3.63) is 76.8 Å². The number of benzene rings is 2. The molecule has 0 radical (unpaired) electrons. The lowest BCUT2D eigenvalue weighted by atomic mass is 10.1.